The van der Waals surface area contributed by atoms with Crippen LogP contribution in [0.1, 0.15) is 58.1 Å². The van der Waals surface area contributed by atoms with Gasteiger partial charge in [0.1, 0.15) is 11.8 Å². The monoisotopic (exact) mass is 673 g/mol. The summed E-state index contributed by atoms with van der Waals surface area (Å²) in [4.78, 5) is 50.2. The van der Waals surface area contributed by atoms with Crippen LogP contribution in [-0.2, 0) is 14.4 Å². The molecule has 6 atom stereocenters. The molecule has 48 heavy (non-hydrogen) atoms. The number of carbonyl (C=O) groups excluding carboxylic acids is 3. The van der Waals surface area contributed by atoms with Crippen LogP contribution in [0.2, 0.25) is 0 Å². The summed E-state index contributed by atoms with van der Waals surface area (Å²) in [5.74, 6) is -1.05. The lowest BCUT2D eigenvalue weighted by Gasteiger charge is -2.40. The number of aliphatic hydroxyl groups excluding tert-OH is 1. The normalized spacial score (nSPS) is 26.4. The number of nitrogens with zero attached hydrogens (tertiary/aromatic N) is 3. The molecule has 0 radical (unpaired) electrons. The maximum Gasteiger partial charge on any atom is 0.251 e. The number of hydrogen-bond acceptors (Lipinski definition) is 6. The quantitative estimate of drug-likeness (QED) is 0.236. The van der Waals surface area contributed by atoms with Crippen molar-refractivity contribution in [3.8, 4) is 5.75 Å². The summed E-state index contributed by atoms with van der Waals surface area (Å²) in [6.45, 7) is 20.8. The van der Waals surface area contributed by atoms with Crippen LogP contribution in [0.3, 0.4) is 0 Å². The first-order valence-electron chi connectivity index (χ1n) is 17.1. The molecule has 258 valence electrons. The van der Waals surface area contributed by atoms with Gasteiger partial charge >= 0.3 is 0 Å². The van der Waals surface area contributed by atoms with Crippen LogP contribution in [0.15, 0.2) is 67.8 Å². The van der Waals surface area contributed by atoms with Crippen molar-refractivity contribution in [2.75, 3.05) is 36.1 Å². The van der Waals surface area contributed by atoms with Crippen LogP contribution in [0, 0.1) is 31.6 Å². The Morgan fingerprint density at radius 3 is 2.33 bits per heavy atom. The molecule has 3 fully saturated rings. The van der Waals surface area contributed by atoms with E-state index in [1.54, 1.807) is 38.6 Å². The molecule has 0 aliphatic carbocycles. The smallest absolute Gasteiger partial charge is 0.251 e. The molecule has 9 heteroatoms. The van der Waals surface area contributed by atoms with Crippen LogP contribution in [-0.4, -0.2) is 75.6 Å². The highest BCUT2D eigenvalue weighted by Gasteiger charge is 2.78. The number of hydrogen-bond donors (Lipinski definition) is 1. The number of carbonyl (C=O) groups is 3. The number of aliphatic hydroxyl groups is 1. The lowest BCUT2D eigenvalue weighted by Crippen LogP contribution is -2.58. The molecule has 0 saturated carbocycles. The van der Waals surface area contributed by atoms with Gasteiger partial charge in [-0.25, -0.2) is 0 Å². The molecule has 2 aromatic rings. The third kappa shape index (κ3) is 6.09. The maximum atomic E-state index is 15.2. The maximum absolute atomic E-state index is 15.2. The Labute approximate surface area is 290 Å². The summed E-state index contributed by atoms with van der Waals surface area (Å²) in [7, 11) is 0. The number of anilines is 2. The second-order valence-corrected chi connectivity index (χ2v) is 16.0. The zero-order chi connectivity index (χ0) is 35.0. The first-order chi connectivity index (χ1) is 22.9. The summed E-state index contributed by atoms with van der Waals surface area (Å²) in [6.07, 6.45) is 5.27. The van der Waals surface area contributed by atoms with Crippen molar-refractivity contribution < 1.29 is 24.2 Å². The standard InChI is InChI=1S/C39H51N3O5S/c1-9-20-40(28-14-16-30(17-15-28)47-11-3)35(44)32-33-36(45)42(29(24-43)22-25(4)5)34(39(33)19-18-38(32,8)48-39)37(46)41(21-10-2)31-23-26(6)12-13-27(31)7/h9-10,12-17,23,25,29,32-34,43H,1-2,11,18-22,24H2,3-8H3/t29-,32-,33+,34?,38+,39?/m1/s1. The molecule has 2 aromatic carbocycles. The number of ether oxygens (including phenoxy) is 1. The molecule has 0 aromatic heterocycles. The second kappa shape index (κ2) is 14.1. The van der Waals surface area contributed by atoms with E-state index in [4.69, 9.17) is 4.74 Å². The number of thioether (sulfide) groups is 1. The molecule has 2 bridgehead atoms. The van der Waals surface area contributed by atoms with Crippen molar-refractivity contribution in [2.45, 2.75) is 82.4 Å². The first-order valence-corrected chi connectivity index (χ1v) is 18.0. The van der Waals surface area contributed by atoms with Crippen LogP contribution < -0.4 is 14.5 Å². The number of benzene rings is 2. The molecule has 2 unspecified atom stereocenters. The predicted molar refractivity (Wildman–Crippen MR) is 195 cm³/mol. The van der Waals surface area contributed by atoms with E-state index in [0.717, 1.165) is 16.8 Å². The van der Waals surface area contributed by atoms with Crippen molar-refractivity contribution in [3.63, 3.8) is 0 Å². The van der Waals surface area contributed by atoms with Crippen LogP contribution >= 0.6 is 11.8 Å². The van der Waals surface area contributed by atoms with Gasteiger partial charge < -0.3 is 24.5 Å². The van der Waals surface area contributed by atoms with Gasteiger partial charge in [-0.2, -0.15) is 0 Å². The highest BCUT2D eigenvalue weighted by molar-refractivity contribution is 8.02. The van der Waals surface area contributed by atoms with Crippen LogP contribution in [0.25, 0.3) is 0 Å². The Balaban J connectivity index is 1.63. The zero-order valence-corrected chi connectivity index (χ0v) is 30.1. The molecule has 1 N–H and O–H groups in total. The van der Waals surface area contributed by atoms with Gasteiger partial charge in [-0.3, -0.25) is 14.4 Å². The molecule has 5 rings (SSSR count). The van der Waals surface area contributed by atoms with Gasteiger partial charge in [0.15, 0.2) is 0 Å². The van der Waals surface area contributed by atoms with Gasteiger partial charge in [0.25, 0.3) is 5.91 Å². The van der Waals surface area contributed by atoms with E-state index in [-0.39, 0.29) is 43.3 Å². The Kier molecular flexibility index (Phi) is 10.5. The van der Waals surface area contributed by atoms with Crippen LogP contribution in [0.5, 0.6) is 5.75 Å². The van der Waals surface area contributed by atoms with E-state index < -0.39 is 33.4 Å². The zero-order valence-electron chi connectivity index (χ0n) is 29.3. The van der Waals surface area contributed by atoms with Crippen LogP contribution in [0.4, 0.5) is 11.4 Å². The van der Waals surface area contributed by atoms with Crippen molar-refractivity contribution in [3.05, 3.63) is 78.9 Å². The predicted octanol–water partition coefficient (Wildman–Crippen LogP) is 6.33. The number of rotatable bonds is 14. The fraction of sp³-hybridized carbons (Fsp3) is 0.513. The van der Waals surface area contributed by atoms with Crippen molar-refractivity contribution >= 4 is 40.9 Å². The summed E-state index contributed by atoms with van der Waals surface area (Å²) in [5.41, 5.74) is 3.44. The van der Waals surface area contributed by atoms with E-state index >= 15 is 9.59 Å². The third-order valence-corrected chi connectivity index (χ3v) is 12.3. The van der Waals surface area contributed by atoms with Gasteiger partial charge in [0, 0.05) is 29.2 Å². The van der Waals surface area contributed by atoms with Gasteiger partial charge in [0.05, 0.1) is 35.8 Å². The van der Waals surface area contributed by atoms with Crippen molar-refractivity contribution in [2.24, 2.45) is 17.8 Å². The topological polar surface area (TPSA) is 90.4 Å². The lowest BCUT2D eigenvalue weighted by molar-refractivity contribution is -0.142. The summed E-state index contributed by atoms with van der Waals surface area (Å²) in [5, 5.41) is 10.8. The van der Waals surface area contributed by atoms with E-state index in [0.29, 0.717) is 37.3 Å². The minimum absolute atomic E-state index is 0.149. The van der Waals surface area contributed by atoms with E-state index in [2.05, 4.69) is 33.9 Å². The largest absolute Gasteiger partial charge is 0.494 e. The fourth-order valence-corrected chi connectivity index (χ4v) is 10.7. The molecule has 8 nitrogen and oxygen atoms in total. The molecule has 3 saturated heterocycles. The summed E-state index contributed by atoms with van der Waals surface area (Å²) in [6, 6.07) is 12.0. The SMILES string of the molecule is C=CCN(C(=O)[C@H]1[C@H]2C(=O)N([C@@H](CO)CC(C)C)C(C(=O)N(CC=C)c3cc(C)ccc3C)C23CC[C@]1(C)S3)c1ccc(OCC)cc1. The van der Waals surface area contributed by atoms with Crippen molar-refractivity contribution in [1.29, 1.82) is 0 Å². The summed E-state index contributed by atoms with van der Waals surface area (Å²) >= 11 is 1.65. The highest BCUT2D eigenvalue weighted by atomic mass is 32.2. The van der Waals surface area contributed by atoms with E-state index in [1.165, 1.54) is 0 Å². The van der Waals surface area contributed by atoms with Gasteiger partial charge in [0.2, 0.25) is 11.8 Å². The van der Waals surface area contributed by atoms with E-state index in [9.17, 15) is 9.90 Å². The highest BCUT2D eigenvalue weighted by Crippen LogP contribution is 2.72. The fourth-order valence-electron chi connectivity index (χ4n) is 8.34. The molecule has 3 amide bonds. The number of aryl methyl sites for hydroxylation is 2. The molecule has 3 heterocycles. The van der Waals surface area contributed by atoms with Gasteiger partial charge in [-0.1, -0.05) is 38.1 Å². The van der Waals surface area contributed by atoms with Gasteiger partial charge in [-0.05, 0) is 94.3 Å². The third-order valence-electron chi connectivity index (χ3n) is 10.3. The number of amides is 3. The Hall–Kier alpha value is -3.56. The summed E-state index contributed by atoms with van der Waals surface area (Å²) < 4.78 is 4.25. The molecular formula is C39H51N3O5S. The molecule has 3 aliphatic rings. The lowest BCUT2D eigenvalue weighted by atomic mass is 9.66. The van der Waals surface area contributed by atoms with E-state index in [1.807, 2.05) is 63.2 Å². The Bertz CT molecular complexity index is 1560. The van der Waals surface area contributed by atoms with Gasteiger partial charge in [-0.15, -0.1) is 24.9 Å². The minimum atomic E-state index is -0.853. The number of fused-ring (bicyclic) bond motifs is 1. The second-order valence-electron chi connectivity index (χ2n) is 14.1. The number of likely N-dealkylation sites (tertiary alicyclic amines) is 1. The molecular weight excluding hydrogens is 623 g/mol. The Morgan fingerprint density at radius 1 is 1.06 bits per heavy atom. The van der Waals surface area contributed by atoms with Crippen molar-refractivity contribution in [1.82, 2.24) is 4.90 Å². The Morgan fingerprint density at radius 2 is 1.73 bits per heavy atom. The first kappa shape index (κ1) is 35.7. The minimum Gasteiger partial charge on any atom is -0.494 e. The average molecular weight is 674 g/mol. The molecule has 3 aliphatic heterocycles. The molecule has 1 spiro atoms. The average Bonchev–Trinajstić information content (AvgIpc) is 3.63.